The van der Waals surface area contributed by atoms with Crippen molar-refractivity contribution in [3.8, 4) is 0 Å². The Kier molecular flexibility index (Phi) is 5.49. The standard InChI is InChI=1S/C19H25NS/c1-13(2)20-12-17-7-9-19(16(5)11-17)21-18-8-6-14(3)10-15(18)4/h6-11,13,20H,12H2,1-5H3. The van der Waals surface area contributed by atoms with E-state index in [2.05, 4.69) is 76.3 Å². The molecule has 0 saturated heterocycles. The average molecular weight is 299 g/mol. The predicted molar refractivity (Wildman–Crippen MR) is 93.2 cm³/mol. The molecule has 21 heavy (non-hydrogen) atoms. The molecule has 0 atom stereocenters. The van der Waals surface area contributed by atoms with E-state index in [9.17, 15) is 0 Å². The lowest BCUT2D eigenvalue weighted by molar-refractivity contribution is 0.588. The van der Waals surface area contributed by atoms with Crippen molar-refractivity contribution in [1.82, 2.24) is 5.32 Å². The topological polar surface area (TPSA) is 12.0 Å². The van der Waals surface area contributed by atoms with Gasteiger partial charge in [0.1, 0.15) is 0 Å². The third-order valence-electron chi connectivity index (χ3n) is 3.50. The summed E-state index contributed by atoms with van der Waals surface area (Å²) in [7, 11) is 0. The van der Waals surface area contributed by atoms with Gasteiger partial charge in [-0.15, -0.1) is 0 Å². The van der Waals surface area contributed by atoms with Gasteiger partial charge in [0.15, 0.2) is 0 Å². The molecule has 0 radical (unpaired) electrons. The third kappa shape index (κ3) is 4.62. The van der Waals surface area contributed by atoms with Crippen LogP contribution in [0.15, 0.2) is 46.2 Å². The van der Waals surface area contributed by atoms with Gasteiger partial charge in [0.25, 0.3) is 0 Å². The Bertz CT molecular complexity index is 617. The smallest absolute Gasteiger partial charge is 0.0207 e. The molecule has 0 unspecified atom stereocenters. The molecule has 0 saturated carbocycles. The molecule has 1 N–H and O–H groups in total. The molecule has 0 aliphatic rings. The van der Waals surface area contributed by atoms with Crippen molar-refractivity contribution in [1.29, 1.82) is 0 Å². The highest BCUT2D eigenvalue weighted by Gasteiger charge is 2.05. The van der Waals surface area contributed by atoms with Crippen LogP contribution in [0.4, 0.5) is 0 Å². The van der Waals surface area contributed by atoms with Gasteiger partial charge in [-0.1, -0.05) is 55.4 Å². The molecule has 0 heterocycles. The summed E-state index contributed by atoms with van der Waals surface area (Å²) in [6.45, 7) is 11.8. The van der Waals surface area contributed by atoms with Crippen LogP contribution in [0.1, 0.15) is 36.1 Å². The normalized spacial score (nSPS) is 11.1. The summed E-state index contributed by atoms with van der Waals surface area (Å²) >= 11 is 1.86. The first-order chi connectivity index (χ1) is 9.95. The molecule has 2 heteroatoms. The highest BCUT2D eigenvalue weighted by atomic mass is 32.2. The van der Waals surface area contributed by atoms with Gasteiger partial charge in [-0.25, -0.2) is 0 Å². The lowest BCUT2D eigenvalue weighted by atomic mass is 10.1. The number of aryl methyl sites for hydroxylation is 3. The first-order valence-electron chi connectivity index (χ1n) is 7.53. The van der Waals surface area contributed by atoms with Crippen LogP contribution in [0.5, 0.6) is 0 Å². The SMILES string of the molecule is Cc1ccc(Sc2ccc(CNC(C)C)cc2C)c(C)c1. The van der Waals surface area contributed by atoms with E-state index in [-0.39, 0.29) is 0 Å². The number of benzene rings is 2. The lowest BCUT2D eigenvalue weighted by Gasteiger charge is -2.12. The van der Waals surface area contributed by atoms with Crippen LogP contribution < -0.4 is 5.32 Å². The summed E-state index contributed by atoms with van der Waals surface area (Å²) in [5.74, 6) is 0. The predicted octanol–water partition coefficient (Wildman–Crippen LogP) is 5.26. The molecule has 2 aromatic rings. The van der Waals surface area contributed by atoms with Crippen LogP contribution >= 0.6 is 11.8 Å². The van der Waals surface area contributed by atoms with E-state index in [4.69, 9.17) is 0 Å². The van der Waals surface area contributed by atoms with Crippen LogP contribution in [-0.4, -0.2) is 6.04 Å². The van der Waals surface area contributed by atoms with Crippen molar-refractivity contribution >= 4 is 11.8 Å². The second kappa shape index (κ2) is 7.15. The molecule has 0 aromatic heterocycles. The zero-order valence-electron chi connectivity index (χ0n) is 13.7. The fourth-order valence-corrected chi connectivity index (χ4v) is 3.24. The molecule has 0 amide bonds. The van der Waals surface area contributed by atoms with Gasteiger partial charge >= 0.3 is 0 Å². The van der Waals surface area contributed by atoms with Crippen LogP contribution in [0.3, 0.4) is 0 Å². The minimum atomic E-state index is 0.523. The van der Waals surface area contributed by atoms with Gasteiger partial charge in [0.05, 0.1) is 0 Å². The van der Waals surface area contributed by atoms with Crippen molar-refractivity contribution in [2.24, 2.45) is 0 Å². The maximum absolute atomic E-state index is 3.47. The van der Waals surface area contributed by atoms with E-state index in [1.807, 2.05) is 11.8 Å². The van der Waals surface area contributed by atoms with Gasteiger partial charge < -0.3 is 5.32 Å². The van der Waals surface area contributed by atoms with Crippen LogP contribution in [0.25, 0.3) is 0 Å². The summed E-state index contributed by atoms with van der Waals surface area (Å²) in [5, 5.41) is 3.47. The Morgan fingerprint density at radius 2 is 1.52 bits per heavy atom. The molecule has 1 nitrogen and oxygen atoms in total. The number of nitrogens with one attached hydrogen (secondary N) is 1. The van der Waals surface area contributed by atoms with Crippen molar-refractivity contribution in [2.45, 2.75) is 57.0 Å². The quantitative estimate of drug-likeness (QED) is 0.808. The number of hydrogen-bond acceptors (Lipinski definition) is 2. The van der Waals surface area contributed by atoms with Crippen molar-refractivity contribution in [3.63, 3.8) is 0 Å². The van der Waals surface area contributed by atoms with E-state index in [0.29, 0.717) is 6.04 Å². The zero-order valence-corrected chi connectivity index (χ0v) is 14.5. The lowest BCUT2D eigenvalue weighted by Crippen LogP contribution is -2.21. The number of hydrogen-bond donors (Lipinski definition) is 1. The van der Waals surface area contributed by atoms with Crippen LogP contribution in [-0.2, 0) is 6.54 Å². The first kappa shape index (κ1) is 16.1. The molecule has 0 fully saturated rings. The second-order valence-electron chi connectivity index (χ2n) is 6.01. The molecule has 0 aliphatic heterocycles. The zero-order chi connectivity index (χ0) is 15.4. The fourth-order valence-electron chi connectivity index (χ4n) is 2.29. The summed E-state index contributed by atoms with van der Waals surface area (Å²) in [6, 6.07) is 14.0. The van der Waals surface area contributed by atoms with E-state index in [1.54, 1.807) is 0 Å². The van der Waals surface area contributed by atoms with Crippen LogP contribution in [0.2, 0.25) is 0 Å². The monoisotopic (exact) mass is 299 g/mol. The Balaban J connectivity index is 2.13. The highest BCUT2D eigenvalue weighted by Crippen LogP contribution is 2.33. The Morgan fingerprint density at radius 3 is 2.10 bits per heavy atom. The maximum Gasteiger partial charge on any atom is 0.0207 e. The van der Waals surface area contributed by atoms with Gasteiger partial charge in [-0.3, -0.25) is 0 Å². The highest BCUT2D eigenvalue weighted by molar-refractivity contribution is 7.99. The molecular weight excluding hydrogens is 274 g/mol. The number of rotatable bonds is 5. The first-order valence-corrected chi connectivity index (χ1v) is 8.35. The Hall–Kier alpha value is -1.25. The van der Waals surface area contributed by atoms with E-state index in [0.717, 1.165) is 6.54 Å². The van der Waals surface area contributed by atoms with Crippen LogP contribution in [0, 0.1) is 20.8 Å². The fraction of sp³-hybridized carbons (Fsp3) is 0.368. The molecule has 0 aliphatic carbocycles. The van der Waals surface area contributed by atoms with Gasteiger partial charge in [0.2, 0.25) is 0 Å². The summed E-state index contributed by atoms with van der Waals surface area (Å²) in [4.78, 5) is 2.69. The molecule has 0 bridgehead atoms. The van der Waals surface area contributed by atoms with Gasteiger partial charge in [0, 0.05) is 22.4 Å². The van der Waals surface area contributed by atoms with E-state index < -0.39 is 0 Å². The second-order valence-corrected chi connectivity index (χ2v) is 7.09. The van der Waals surface area contributed by atoms with E-state index in [1.165, 1.54) is 32.0 Å². The third-order valence-corrected chi connectivity index (χ3v) is 4.86. The minimum absolute atomic E-state index is 0.523. The average Bonchev–Trinajstić information content (AvgIpc) is 2.42. The van der Waals surface area contributed by atoms with Crippen molar-refractivity contribution in [2.75, 3.05) is 0 Å². The summed E-state index contributed by atoms with van der Waals surface area (Å²) in [5.41, 5.74) is 5.38. The molecular formula is C19H25NS. The summed E-state index contributed by atoms with van der Waals surface area (Å²) < 4.78 is 0. The molecule has 112 valence electrons. The molecule has 2 rings (SSSR count). The van der Waals surface area contributed by atoms with Gasteiger partial charge in [-0.05, 0) is 49.6 Å². The largest absolute Gasteiger partial charge is 0.310 e. The van der Waals surface area contributed by atoms with E-state index >= 15 is 0 Å². The van der Waals surface area contributed by atoms with Crippen molar-refractivity contribution < 1.29 is 0 Å². The summed E-state index contributed by atoms with van der Waals surface area (Å²) in [6.07, 6.45) is 0. The molecule has 0 spiro atoms. The minimum Gasteiger partial charge on any atom is -0.310 e. The Morgan fingerprint density at radius 1 is 0.905 bits per heavy atom. The van der Waals surface area contributed by atoms with Crippen molar-refractivity contribution in [3.05, 3.63) is 58.7 Å². The Labute approximate surface area is 133 Å². The van der Waals surface area contributed by atoms with Gasteiger partial charge in [-0.2, -0.15) is 0 Å². The maximum atomic E-state index is 3.47. The molecule has 2 aromatic carbocycles.